The van der Waals surface area contributed by atoms with E-state index in [1.165, 1.54) is 0 Å². The summed E-state index contributed by atoms with van der Waals surface area (Å²) in [5, 5.41) is 3.02. The van der Waals surface area contributed by atoms with Crippen molar-refractivity contribution in [1.82, 2.24) is 5.32 Å². The second kappa shape index (κ2) is 4.39. The van der Waals surface area contributed by atoms with Crippen molar-refractivity contribution >= 4 is 0 Å². The number of ether oxygens (including phenoxy) is 1. The molecule has 1 unspecified atom stereocenters. The maximum atomic E-state index is 5.14. The van der Waals surface area contributed by atoms with Gasteiger partial charge in [-0.15, -0.1) is 0 Å². The molecule has 0 saturated heterocycles. The molecule has 0 radical (unpaired) electrons. The molecule has 0 fully saturated rings. The highest BCUT2D eigenvalue weighted by Gasteiger charge is 2.01. The Morgan fingerprint density at radius 2 is 2.33 bits per heavy atom. The molecule has 0 spiro atoms. The largest absolute Gasteiger partial charge is 0.497 e. The quantitative estimate of drug-likeness (QED) is 0.575. The van der Waals surface area contributed by atoms with Crippen LogP contribution in [0.4, 0.5) is 0 Å². The van der Waals surface area contributed by atoms with Crippen LogP contribution in [0.5, 0.6) is 0 Å². The van der Waals surface area contributed by atoms with Crippen LogP contribution in [0.1, 0.15) is 13.8 Å². The van der Waals surface area contributed by atoms with E-state index < -0.39 is 0 Å². The summed E-state index contributed by atoms with van der Waals surface area (Å²) < 4.78 is 5.14. The van der Waals surface area contributed by atoms with Crippen LogP contribution >= 0.6 is 0 Å². The van der Waals surface area contributed by atoms with Crippen LogP contribution in [0, 0.1) is 0 Å². The minimum Gasteiger partial charge on any atom is -0.497 e. The smallest absolute Gasteiger partial charge is 0.105 e. The van der Waals surface area contributed by atoms with Gasteiger partial charge < -0.3 is 10.1 Å². The van der Waals surface area contributed by atoms with Gasteiger partial charge in [0.1, 0.15) is 5.76 Å². The normalized spacial score (nSPS) is 12.8. The molecule has 2 heteroatoms. The van der Waals surface area contributed by atoms with E-state index in [-0.39, 0.29) is 6.04 Å². The summed E-state index contributed by atoms with van der Waals surface area (Å²) in [6, 6.07) is 0.255. The lowest BCUT2D eigenvalue weighted by Gasteiger charge is -2.13. The third kappa shape index (κ3) is 3.14. The van der Waals surface area contributed by atoms with E-state index in [9.17, 15) is 0 Å². The summed E-state index contributed by atoms with van der Waals surface area (Å²) >= 11 is 0. The lowest BCUT2D eigenvalue weighted by atomic mass is 10.3. The first kappa shape index (κ1) is 8.50. The molecule has 0 aromatic heterocycles. The summed E-state index contributed by atoms with van der Waals surface area (Å²) in [6.07, 6.45) is 0. The lowest BCUT2D eigenvalue weighted by Crippen LogP contribution is -2.24. The molecule has 2 nitrogen and oxygen atoms in total. The van der Waals surface area contributed by atoms with Gasteiger partial charge in [0.2, 0.25) is 0 Å². The molecule has 1 N–H and O–H groups in total. The molecule has 0 heterocycles. The molecule has 0 aliphatic rings. The highest BCUT2D eigenvalue weighted by molar-refractivity contribution is 4.92. The third-order valence-corrected chi connectivity index (χ3v) is 1.25. The molecule has 0 rings (SSSR count). The SMILES string of the molecule is C=C(OCC)C(C)NC. The summed E-state index contributed by atoms with van der Waals surface area (Å²) in [5.41, 5.74) is 0. The van der Waals surface area contributed by atoms with Crippen molar-refractivity contribution in [3.05, 3.63) is 12.3 Å². The molecule has 0 aromatic rings. The van der Waals surface area contributed by atoms with Crippen molar-refractivity contribution in [2.75, 3.05) is 13.7 Å². The number of nitrogens with one attached hydrogen (secondary N) is 1. The zero-order valence-electron chi connectivity index (χ0n) is 6.40. The molecule has 0 aromatic carbocycles. The Balaban J connectivity index is 3.46. The van der Waals surface area contributed by atoms with Crippen molar-refractivity contribution < 1.29 is 4.74 Å². The summed E-state index contributed by atoms with van der Waals surface area (Å²) in [6.45, 7) is 8.39. The van der Waals surface area contributed by atoms with Gasteiger partial charge in [0.05, 0.1) is 12.6 Å². The summed E-state index contributed by atoms with van der Waals surface area (Å²) in [5.74, 6) is 0.806. The molecule has 9 heavy (non-hydrogen) atoms. The fraction of sp³-hybridized carbons (Fsp3) is 0.714. The Hall–Kier alpha value is -0.500. The van der Waals surface area contributed by atoms with Crippen molar-refractivity contribution in [3.63, 3.8) is 0 Å². The second-order valence-electron chi connectivity index (χ2n) is 1.91. The zero-order valence-corrected chi connectivity index (χ0v) is 6.40. The van der Waals surface area contributed by atoms with Crippen LogP contribution in [0.2, 0.25) is 0 Å². The van der Waals surface area contributed by atoms with Gasteiger partial charge in [0.25, 0.3) is 0 Å². The van der Waals surface area contributed by atoms with E-state index in [1.54, 1.807) is 0 Å². The first-order valence-corrected chi connectivity index (χ1v) is 3.21. The van der Waals surface area contributed by atoms with Crippen LogP contribution in [0.15, 0.2) is 12.3 Å². The van der Waals surface area contributed by atoms with Gasteiger partial charge in [-0.3, -0.25) is 0 Å². The average molecular weight is 129 g/mol. The maximum Gasteiger partial charge on any atom is 0.105 e. The van der Waals surface area contributed by atoms with E-state index in [0.717, 1.165) is 5.76 Å². The van der Waals surface area contributed by atoms with Crippen LogP contribution in [-0.4, -0.2) is 19.7 Å². The van der Waals surface area contributed by atoms with Gasteiger partial charge in [0.15, 0.2) is 0 Å². The number of hydrogen-bond donors (Lipinski definition) is 1. The van der Waals surface area contributed by atoms with Gasteiger partial charge in [0, 0.05) is 0 Å². The van der Waals surface area contributed by atoms with Crippen LogP contribution in [0.3, 0.4) is 0 Å². The Labute approximate surface area is 56.9 Å². The Morgan fingerprint density at radius 1 is 1.78 bits per heavy atom. The van der Waals surface area contributed by atoms with Crippen molar-refractivity contribution in [2.45, 2.75) is 19.9 Å². The highest BCUT2D eigenvalue weighted by Crippen LogP contribution is 1.98. The molecule has 0 aliphatic heterocycles. The third-order valence-electron chi connectivity index (χ3n) is 1.25. The number of hydrogen-bond acceptors (Lipinski definition) is 2. The van der Waals surface area contributed by atoms with E-state index >= 15 is 0 Å². The standard InChI is InChI=1S/C7H15NO/c1-5-9-7(3)6(2)8-4/h6,8H,3,5H2,1-2,4H3. The molecule has 1 atom stereocenters. The van der Waals surface area contributed by atoms with Crippen LogP contribution < -0.4 is 5.32 Å². The van der Waals surface area contributed by atoms with Crippen molar-refractivity contribution in [1.29, 1.82) is 0 Å². The fourth-order valence-electron chi connectivity index (χ4n) is 0.471. The minimum atomic E-state index is 0.255. The van der Waals surface area contributed by atoms with Gasteiger partial charge in [-0.05, 0) is 20.9 Å². The van der Waals surface area contributed by atoms with E-state index in [1.807, 2.05) is 20.9 Å². The second-order valence-corrected chi connectivity index (χ2v) is 1.91. The van der Waals surface area contributed by atoms with Crippen molar-refractivity contribution in [3.8, 4) is 0 Å². The Kier molecular flexibility index (Phi) is 4.14. The maximum absolute atomic E-state index is 5.14. The van der Waals surface area contributed by atoms with E-state index in [0.29, 0.717) is 6.61 Å². The van der Waals surface area contributed by atoms with Gasteiger partial charge in [-0.25, -0.2) is 0 Å². The van der Waals surface area contributed by atoms with Gasteiger partial charge in [-0.2, -0.15) is 0 Å². The molecule has 0 bridgehead atoms. The topological polar surface area (TPSA) is 21.3 Å². The summed E-state index contributed by atoms with van der Waals surface area (Å²) in [4.78, 5) is 0. The number of rotatable bonds is 4. The van der Waals surface area contributed by atoms with E-state index in [4.69, 9.17) is 4.74 Å². The monoisotopic (exact) mass is 129 g/mol. The molecular formula is C7H15NO. The van der Waals surface area contributed by atoms with Crippen LogP contribution in [0.25, 0.3) is 0 Å². The molecule has 54 valence electrons. The van der Waals surface area contributed by atoms with Crippen LogP contribution in [-0.2, 0) is 4.74 Å². The van der Waals surface area contributed by atoms with Gasteiger partial charge >= 0.3 is 0 Å². The molecule has 0 amide bonds. The predicted octanol–water partition coefficient (Wildman–Crippen LogP) is 1.14. The molecule has 0 saturated carbocycles. The molecular weight excluding hydrogens is 114 g/mol. The van der Waals surface area contributed by atoms with Gasteiger partial charge in [-0.1, -0.05) is 6.58 Å². The Bertz CT molecular complexity index is 90.9. The fourth-order valence-corrected chi connectivity index (χ4v) is 0.471. The number of likely N-dealkylation sites (N-methyl/N-ethyl adjacent to an activating group) is 1. The highest BCUT2D eigenvalue weighted by atomic mass is 16.5. The minimum absolute atomic E-state index is 0.255. The lowest BCUT2D eigenvalue weighted by molar-refractivity contribution is 0.207. The zero-order chi connectivity index (χ0) is 7.28. The average Bonchev–Trinajstić information content (AvgIpc) is 1.87. The first-order valence-electron chi connectivity index (χ1n) is 3.21. The predicted molar refractivity (Wildman–Crippen MR) is 39.3 cm³/mol. The molecule has 0 aliphatic carbocycles. The Morgan fingerprint density at radius 3 is 2.67 bits per heavy atom. The van der Waals surface area contributed by atoms with Crippen molar-refractivity contribution in [2.24, 2.45) is 0 Å². The first-order chi connectivity index (χ1) is 4.22. The summed E-state index contributed by atoms with van der Waals surface area (Å²) in [7, 11) is 1.88. The van der Waals surface area contributed by atoms with E-state index in [2.05, 4.69) is 11.9 Å².